The minimum atomic E-state index is -0.249. The van der Waals surface area contributed by atoms with E-state index in [0.717, 1.165) is 11.5 Å². The van der Waals surface area contributed by atoms with Gasteiger partial charge >= 0.3 is 0 Å². The van der Waals surface area contributed by atoms with Crippen molar-refractivity contribution in [2.45, 2.75) is 32.7 Å². The highest BCUT2D eigenvalue weighted by atomic mass is 16.3. The third-order valence-corrected chi connectivity index (χ3v) is 2.48. The van der Waals surface area contributed by atoms with Crippen molar-refractivity contribution in [3.05, 3.63) is 23.7 Å². The van der Waals surface area contributed by atoms with Crippen molar-refractivity contribution in [2.24, 2.45) is 11.7 Å². The average molecular weight is 197 g/mol. The van der Waals surface area contributed by atoms with Crippen LogP contribution in [0, 0.1) is 12.8 Å². The molecule has 1 aromatic rings. The van der Waals surface area contributed by atoms with E-state index >= 15 is 0 Å². The first kappa shape index (κ1) is 11.3. The molecule has 0 radical (unpaired) electrons. The summed E-state index contributed by atoms with van der Waals surface area (Å²) in [6, 6.07) is 3.62. The Balaban J connectivity index is 2.88. The molecule has 0 aromatic carbocycles. The van der Waals surface area contributed by atoms with Gasteiger partial charge in [0.2, 0.25) is 0 Å². The second-order valence-corrected chi connectivity index (χ2v) is 4.06. The molecule has 0 spiro atoms. The maximum Gasteiger partial charge on any atom is 0.109 e. The summed E-state index contributed by atoms with van der Waals surface area (Å²) >= 11 is 0. The van der Waals surface area contributed by atoms with Crippen LogP contribution in [0.1, 0.15) is 31.3 Å². The molecule has 0 amide bonds. The molecule has 0 fully saturated rings. The highest BCUT2D eigenvalue weighted by molar-refractivity contribution is 5.13. The molecule has 3 heteroatoms. The number of nitrogens with two attached hydrogens (primary N) is 1. The molecule has 14 heavy (non-hydrogen) atoms. The summed E-state index contributed by atoms with van der Waals surface area (Å²) in [5.41, 5.74) is 5.85. The lowest BCUT2D eigenvalue weighted by Crippen LogP contribution is -2.34. The highest BCUT2D eigenvalue weighted by Crippen LogP contribution is 2.28. The van der Waals surface area contributed by atoms with Gasteiger partial charge < -0.3 is 15.3 Å². The Kier molecular flexibility index (Phi) is 3.72. The van der Waals surface area contributed by atoms with E-state index in [1.54, 1.807) is 0 Å². The molecule has 0 aliphatic carbocycles. The Morgan fingerprint density at radius 2 is 2.07 bits per heavy atom. The number of hydrogen-bond donors (Lipinski definition) is 2. The normalized spacial score (nSPS) is 15.9. The number of hydrogen-bond acceptors (Lipinski definition) is 3. The van der Waals surface area contributed by atoms with Gasteiger partial charge in [0, 0.05) is 12.0 Å². The van der Waals surface area contributed by atoms with Gasteiger partial charge in [-0.05, 0) is 25.0 Å². The number of aliphatic hydroxyl groups is 1. The summed E-state index contributed by atoms with van der Waals surface area (Å²) in [5, 5.41) is 9.06. The minimum Gasteiger partial charge on any atom is -0.466 e. The fraction of sp³-hybridized carbons (Fsp3) is 0.636. The van der Waals surface area contributed by atoms with Gasteiger partial charge in [0.25, 0.3) is 0 Å². The highest BCUT2D eigenvalue weighted by Gasteiger charge is 2.25. The van der Waals surface area contributed by atoms with Crippen LogP contribution in [0.5, 0.6) is 0 Å². The van der Waals surface area contributed by atoms with Crippen LogP contribution in [0.4, 0.5) is 0 Å². The van der Waals surface area contributed by atoms with E-state index in [1.165, 1.54) is 0 Å². The lowest BCUT2D eigenvalue weighted by atomic mass is 9.87. The summed E-state index contributed by atoms with van der Waals surface area (Å²) in [6.45, 7) is 6.06. The topological polar surface area (TPSA) is 59.4 Å². The molecule has 3 nitrogen and oxygen atoms in total. The molecule has 80 valence electrons. The Bertz CT molecular complexity index is 281. The van der Waals surface area contributed by atoms with E-state index in [2.05, 4.69) is 13.8 Å². The zero-order chi connectivity index (χ0) is 10.7. The molecule has 0 aliphatic rings. The van der Waals surface area contributed by atoms with Gasteiger partial charge in [0.15, 0.2) is 0 Å². The lowest BCUT2D eigenvalue weighted by Gasteiger charge is -2.23. The molecule has 2 atom stereocenters. The SMILES string of the molecule is Cc1ccc(C(C(C)C)C(N)CO)o1. The van der Waals surface area contributed by atoms with Crippen molar-refractivity contribution in [3.63, 3.8) is 0 Å². The largest absolute Gasteiger partial charge is 0.466 e. The molecule has 0 aliphatic heterocycles. The van der Waals surface area contributed by atoms with Crippen molar-refractivity contribution >= 4 is 0 Å². The molecular weight excluding hydrogens is 178 g/mol. The molecule has 1 rings (SSSR count). The Morgan fingerprint density at radius 3 is 2.43 bits per heavy atom. The zero-order valence-corrected chi connectivity index (χ0v) is 9.03. The number of rotatable bonds is 4. The summed E-state index contributed by atoms with van der Waals surface area (Å²) in [4.78, 5) is 0. The van der Waals surface area contributed by atoms with Crippen molar-refractivity contribution in [2.75, 3.05) is 6.61 Å². The molecule has 1 heterocycles. The first-order valence-electron chi connectivity index (χ1n) is 4.99. The van der Waals surface area contributed by atoms with Gasteiger partial charge in [0.1, 0.15) is 11.5 Å². The van der Waals surface area contributed by atoms with Crippen LogP contribution in [-0.2, 0) is 0 Å². The molecule has 2 unspecified atom stereocenters. The Morgan fingerprint density at radius 1 is 1.43 bits per heavy atom. The number of furan rings is 1. The van der Waals surface area contributed by atoms with Gasteiger partial charge in [0.05, 0.1) is 6.61 Å². The quantitative estimate of drug-likeness (QED) is 0.771. The van der Waals surface area contributed by atoms with Crippen molar-refractivity contribution in [1.29, 1.82) is 0 Å². The van der Waals surface area contributed by atoms with E-state index in [9.17, 15) is 0 Å². The maximum absolute atomic E-state index is 9.06. The second-order valence-electron chi connectivity index (χ2n) is 4.06. The fourth-order valence-corrected chi connectivity index (χ4v) is 1.78. The Labute approximate surface area is 84.9 Å². The van der Waals surface area contributed by atoms with Gasteiger partial charge in [-0.1, -0.05) is 13.8 Å². The van der Waals surface area contributed by atoms with Gasteiger partial charge in [-0.2, -0.15) is 0 Å². The smallest absolute Gasteiger partial charge is 0.109 e. The molecule has 3 N–H and O–H groups in total. The zero-order valence-electron chi connectivity index (χ0n) is 9.03. The van der Waals surface area contributed by atoms with Crippen LogP contribution >= 0.6 is 0 Å². The minimum absolute atomic E-state index is 0.0113. The standard InChI is InChI=1S/C11H19NO2/c1-7(2)11(9(12)6-13)10-5-4-8(3)14-10/h4-5,7,9,11,13H,6,12H2,1-3H3. The molecule has 1 aromatic heterocycles. The molecule has 0 bridgehead atoms. The first-order chi connectivity index (χ1) is 6.56. The van der Waals surface area contributed by atoms with E-state index < -0.39 is 0 Å². The van der Waals surface area contributed by atoms with E-state index in [0.29, 0.717) is 5.92 Å². The molecule has 0 saturated heterocycles. The van der Waals surface area contributed by atoms with Crippen molar-refractivity contribution in [3.8, 4) is 0 Å². The summed E-state index contributed by atoms with van der Waals surface area (Å²) in [7, 11) is 0. The van der Waals surface area contributed by atoms with Crippen molar-refractivity contribution < 1.29 is 9.52 Å². The third-order valence-electron chi connectivity index (χ3n) is 2.48. The first-order valence-corrected chi connectivity index (χ1v) is 4.99. The summed E-state index contributed by atoms with van der Waals surface area (Å²) in [5.74, 6) is 2.21. The van der Waals surface area contributed by atoms with Gasteiger partial charge in [-0.15, -0.1) is 0 Å². The van der Waals surface area contributed by atoms with Gasteiger partial charge in [-0.25, -0.2) is 0 Å². The van der Waals surface area contributed by atoms with Gasteiger partial charge in [-0.3, -0.25) is 0 Å². The van der Waals surface area contributed by atoms with Crippen LogP contribution in [0.2, 0.25) is 0 Å². The van der Waals surface area contributed by atoms with E-state index in [-0.39, 0.29) is 18.6 Å². The second kappa shape index (κ2) is 4.62. The number of aryl methyl sites for hydroxylation is 1. The van der Waals surface area contributed by atoms with Crippen molar-refractivity contribution in [1.82, 2.24) is 0 Å². The average Bonchev–Trinajstić information content (AvgIpc) is 2.51. The molecule has 0 saturated carbocycles. The van der Waals surface area contributed by atoms with Crippen LogP contribution in [0.3, 0.4) is 0 Å². The summed E-state index contributed by atoms with van der Waals surface area (Å²) in [6.07, 6.45) is 0. The predicted molar refractivity (Wildman–Crippen MR) is 56.1 cm³/mol. The molecular formula is C11H19NO2. The number of aliphatic hydroxyl groups excluding tert-OH is 1. The van der Waals surface area contributed by atoms with Crippen LogP contribution in [-0.4, -0.2) is 17.8 Å². The predicted octanol–water partition coefficient (Wildman–Crippen LogP) is 1.65. The van der Waals surface area contributed by atoms with E-state index in [4.69, 9.17) is 15.3 Å². The van der Waals surface area contributed by atoms with Crippen LogP contribution < -0.4 is 5.73 Å². The van der Waals surface area contributed by atoms with Crippen LogP contribution in [0.25, 0.3) is 0 Å². The van der Waals surface area contributed by atoms with E-state index in [1.807, 2.05) is 19.1 Å². The monoisotopic (exact) mass is 197 g/mol. The Hall–Kier alpha value is -0.800. The summed E-state index contributed by atoms with van der Waals surface area (Å²) < 4.78 is 5.54. The fourth-order valence-electron chi connectivity index (χ4n) is 1.78. The lowest BCUT2D eigenvalue weighted by molar-refractivity contribution is 0.219. The third kappa shape index (κ3) is 2.36. The maximum atomic E-state index is 9.06. The van der Waals surface area contributed by atoms with Crippen LogP contribution in [0.15, 0.2) is 16.5 Å².